The molecule has 1 aliphatic heterocycles. The second kappa shape index (κ2) is 7.33. The van der Waals surface area contributed by atoms with Gasteiger partial charge in [-0.3, -0.25) is 9.69 Å². The molecule has 124 valence electrons. The van der Waals surface area contributed by atoms with E-state index in [2.05, 4.69) is 26.9 Å². The zero-order valence-corrected chi connectivity index (χ0v) is 13.8. The standard InChI is InChI=1S/C19H21N3O2/c1-3-11-24-16-6-4-5-15(12-16)13-22-9-7-17-18(8-10-22)20-14(2)21-19(17)23/h1,4-6,12H,7-11,13H2,2H3,(H,20,21,23). The van der Waals surface area contributed by atoms with E-state index in [9.17, 15) is 4.79 Å². The van der Waals surface area contributed by atoms with E-state index in [0.717, 1.165) is 49.5 Å². The van der Waals surface area contributed by atoms with Crippen molar-refractivity contribution in [3.63, 3.8) is 0 Å². The number of rotatable bonds is 4. The smallest absolute Gasteiger partial charge is 0.254 e. The van der Waals surface area contributed by atoms with Crippen LogP contribution in [0.1, 0.15) is 22.6 Å². The number of aromatic nitrogens is 2. The minimum atomic E-state index is 0.00373. The molecule has 0 saturated heterocycles. The number of benzene rings is 1. The molecule has 0 atom stereocenters. The van der Waals surface area contributed by atoms with Crippen LogP contribution in [0.4, 0.5) is 0 Å². The maximum absolute atomic E-state index is 12.1. The van der Waals surface area contributed by atoms with E-state index in [1.807, 2.05) is 25.1 Å². The Balaban J connectivity index is 1.69. The van der Waals surface area contributed by atoms with Gasteiger partial charge < -0.3 is 9.72 Å². The second-order valence-corrected chi connectivity index (χ2v) is 5.99. The Labute approximate surface area is 141 Å². The first-order chi connectivity index (χ1) is 11.7. The first-order valence-corrected chi connectivity index (χ1v) is 8.12. The molecule has 1 aromatic carbocycles. The summed E-state index contributed by atoms with van der Waals surface area (Å²) in [5.74, 6) is 3.95. The molecule has 5 heteroatoms. The Kier molecular flexibility index (Phi) is 4.97. The summed E-state index contributed by atoms with van der Waals surface area (Å²) >= 11 is 0. The van der Waals surface area contributed by atoms with Crippen LogP contribution < -0.4 is 10.3 Å². The number of hydrogen-bond donors (Lipinski definition) is 1. The van der Waals surface area contributed by atoms with Gasteiger partial charge in [-0.25, -0.2) is 4.98 Å². The van der Waals surface area contributed by atoms with E-state index in [1.165, 1.54) is 5.56 Å². The van der Waals surface area contributed by atoms with Gasteiger partial charge in [0.15, 0.2) is 0 Å². The Hall–Kier alpha value is -2.58. The highest BCUT2D eigenvalue weighted by atomic mass is 16.5. The third kappa shape index (κ3) is 3.84. The molecule has 0 aliphatic carbocycles. The van der Waals surface area contributed by atoms with Crippen LogP contribution in [0.3, 0.4) is 0 Å². The molecule has 0 unspecified atom stereocenters. The summed E-state index contributed by atoms with van der Waals surface area (Å²) in [5, 5.41) is 0. The molecule has 0 fully saturated rings. The predicted molar refractivity (Wildman–Crippen MR) is 93.0 cm³/mol. The minimum Gasteiger partial charge on any atom is -0.481 e. The molecule has 0 saturated carbocycles. The largest absolute Gasteiger partial charge is 0.481 e. The summed E-state index contributed by atoms with van der Waals surface area (Å²) in [4.78, 5) is 21.7. The average Bonchev–Trinajstić information content (AvgIpc) is 2.76. The molecule has 5 nitrogen and oxygen atoms in total. The van der Waals surface area contributed by atoms with Gasteiger partial charge in [0.25, 0.3) is 5.56 Å². The summed E-state index contributed by atoms with van der Waals surface area (Å²) in [6.45, 7) is 4.65. The van der Waals surface area contributed by atoms with Gasteiger partial charge in [0.1, 0.15) is 18.2 Å². The number of hydrogen-bond acceptors (Lipinski definition) is 4. The van der Waals surface area contributed by atoms with E-state index in [-0.39, 0.29) is 12.2 Å². The van der Waals surface area contributed by atoms with Crippen molar-refractivity contribution in [2.45, 2.75) is 26.3 Å². The van der Waals surface area contributed by atoms with Crippen LogP contribution in [0, 0.1) is 19.3 Å². The zero-order chi connectivity index (χ0) is 16.9. The van der Waals surface area contributed by atoms with Crippen molar-refractivity contribution in [3.05, 3.63) is 57.3 Å². The van der Waals surface area contributed by atoms with Crippen LogP contribution in [0.2, 0.25) is 0 Å². The number of terminal acetylenes is 1. The molecule has 1 aliphatic rings. The first kappa shape index (κ1) is 16.3. The average molecular weight is 323 g/mol. The van der Waals surface area contributed by atoms with Crippen molar-refractivity contribution in [1.82, 2.24) is 14.9 Å². The van der Waals surface area contributed by atoms with Gasteiger partial charge in [-0.05, 0) is 31.0 Å². The Morgan fingerprint density at radius 1 is 1.38 bits per heavy atom. The van der Waals surface area contributed by atoms with Crippen molar-refractivity contribution in [2.24, 2.45) is 0 Å². The lowest BCUT2D eigenvalue weighted by Crippen LogP contribution is -2.26. The van der Waals surface area contributed by atoms with Crippen LogP contribution in [-0.4, -0.2) is 34.6 Å². The molecule has 2 heterocycles. The molecule has 0 amide bonds. The third-order valence-corrected chi connectivity index (χ3v) is 4.19. The first-order valence-electron chi connectivity index (χ1n) is 8.12. The number of fused-ring (bicyclic) bond motifs is 1. The summed E-state index contributed by atoms with van der Waals surface area (Å²) in [6.07, 6.45) is 6.75. The lowest BCUT2D eigenvalue weighted by molar-refractivity contribution is 0.278. The maximum Gasteiger partial charge on any atom is 0.254 e. The maximum atomic E-state index is 12.1. The topological polar surface area (TPSA) is 58.2 Å². The summed E-state index contributed by atoms with van der Waals surface area (Å²) < 4.78 is 5.48. The van der Waals surface area contributed by atoms with E-state index in [0.29, 0.717) is 5.82 Å². The minimum absolute atomic E-state index is 0.00373. The zero-order valence-electron chi connectivity index (χ0n) is 13.8. The van der Waals surface area contributed by atoms with Crippen LogP contribution in [0.5, 0.6) is 5.75 Å². The van der Waals surface area contributed by atoms with Crippen LogP contribution >= 0.6 is 0 Å². The van der Waals surface area contributed by atoms with Crippen molar-refractivity contribution in [1.29, 1.82) is 0 Å². The summed E-state index contributed by atoms with van der Waals surface area (Å²) in [7, 11) is 0. The molecular formula is C19H21N3O2. The van der Waals surface area contributed by atoms with Gasteiger partial charge in [0.05, 0.1) is 5.69 Å². The van der Waals surface area contributed by atoms with Gasteiger partial charge in [0.2, 0.25) is 0 Å². The molecule has 1 aromatic heterocycles. The normalized spacial score (nSPS) is 14.5. The Morgan fingerprint density at radius 2 is 2.21 bits per heavy atom. The van der Waals surface area contributed by atoms with E-state index in [4.69, 9.17) is 11.2 Å². The quantitative estimate of drug-likeness (QED) is 0.870. The van der Waals surface area contributed by atoms with Crippen molar-refractivity contribution in [2.75, 3.05) is 19.7 Å². The summed E-state index contributed by atoms with van der Waals surface area (Å²) in [5.41, 5.74) is 2.94. The van der Waals surface area contributed by atoms with E-state index < -0.39 is 0 Å². The highest BCUT2D eigenvalue weighted by molar-refractivity contribution is 5.29. The molecule has 0 radical (unpaired) electrons. The number of nitrogens with one attached hydrogen (secondary N) is 1. The van der Waals surface area contributed by atoms with Crippen LogP contribution in [0.25, 0.3) is 0 Å². The number of H-pyrrole nitrogens is 1. The lowest BCUT2D eigenvalue weighted by atomic mass is 10.1. The number of aromatic amines is 1. The van der Waals surface area contributed by atoms with Gasteiger partial charge >= 0.3 is 0 Å². The summed E-state index contributed by atoms with van der Waals surface area (Å²) in [6, 6.07) is 7.98. The number of nitrogens with zero attached hydrogens (tertiary/aromatic N) is 2. The fourth-order valence-corrected chi connectivity index (χ4v) is 3.05. The van der Waals surface area contributed by atoms with Crippen molar-refractivity contribution < 1.29 is 4.74 Å². The molecule has 24 heavy (non-hydrogen) atoms. The number of aryl methyl sites for hydroxylation is 1. The van der Waals surface area contributed by atoms with Crippen LogP contribution in [0.15, 0.2) is 29.1 Å². The van der Waals surface area contributed by atoms with Crippen molar-refractivity contribution in [3.8, 4) is 18.1 Å². The molecule has 2 aromatic rings. The third-order valence-electron chi connectivity index (χ3n) is 4.19. The fraction of sp³-hybridized carbons (Fsp3) is 0.368. The van der Waals surface area contributed by atoms with Gasteiger partial charge in [0, 0.05) is 31.6 Å². The lowest BCUT2D eigenvalue weighted by Gasteiger charge is -2.19. The highest BCUT2D eigenvalue weighted by Gasteiger charge is 2.18. The molecule has 1 N–H and O–H groups in total. The molecular weight excluding hydrogens is 302 g/mol. The monoisotopic (exact) mass is 323 g/mol. The van der Waals surface area contributed by atoms with Crippen LogP contribution in [-0.2, 0) is 19.4 Å². The highest BCUT2D eigenvalue weighted by Crippen LogP contribution is 2.17. The molecule has 0 bridgehead atoms. The van der Waals surface area contributed by atoms with E-state index >= 15 is 0 Å². The number of ether oxygens (including phenoxy) is 1. The van der Waals surface area contributed by atoms with Gasteiger partial charge in [-0.15, -0.1) is 6.42 Å². The molecule has 3 rings (SSSR count). The van der Waals surface area contributed by atoms with Gasteiger partial charge in [-0.2, -0.15) is 0 Å². The molecule has 0 spiro atoms. The van der Waals surface area contributed by atoms with E-state index in [1.54, 1.807) is 0 Å². The second-order valence-electron chi connectivity index (χ2n) is 5.99. The van der Waals surface area contributed by atoms with Gasteiger partial charge in [-0.1, -0.05) is 18.1 Å². The SMILES string of the molecule is C#CCOc1cccc(CN2CCc3nc(C)[nH]c(=O)c3CC2)c1. The Bertz CT molecular complexity index is 820. The Morgan fingerprint density at radius 3 is 3.04 bits per heavy atom. The fourth-order valence-electron chi connectivity index (χ4n) is 3.05. The predicted octanol–water partition coefficient (Wildman–Crippen LogP) is 1.69. The van der Waals surface area contributed by atoms with Crippen molar-refractivity contribution >= 4 is 0 Å².